The monoisotopic (exact) mass is 192 g/mol. The van der Waals surface area contributed by atoms with Gasteiger partial charge in [0.15, 0.2) is 0 Å². The number of hydrogen-bond donors (Lipinski definition) is 1. The molecular weight excluding hydrogens is 176 g/mol. The highest BCUT2D eigenvalue weighted by molar-refractivity contribution is 7.88. The molecule has 0 spiro atoms. The molecule has 0 aromatic rings. The van der Waals surface area contributed by atoms with Crippen molar-refractivity contribution >= 4 is 10.0 Å². The second-order valence-corrected chi connectivity index (χ2v) is 5.42. The minimum Gasteiger partial charge on any atom is -0.315 e. The number of piperidine rings is 1. The van der Waals surface area contributed by atoms with E-state index in [0.717, 1.165) is 12.8 Å². The van der Waals surface area contributed by atoms with Crippen LogP contribution in [0.5, 0.6) is 0 Å². The fourth-order valence-corrected chi connectivity index (χ4v) is 2.67. The first kappa shape index (κ1) is 9.95. The van der Waals surface area contributed by atoms with Crippen LogP contribution in [0.1, 0.15) is 19.8 Å². The van der Waals surface area contributed by atoms with Crippen molar-refractivity contribution in [1.82, 2.24) is 4.31 Å². The van der Waals surface area contributed by atoms with Gasteiger partial charge in [0.2, 0.25) is 10.0 Å². The number of nitrogens with two attached hydrogens (primary N) is 1. The van der Waals surface area contributed by atoms with Gasteiger partial charge in [-0.05, 0) is 18.8 Å². The van der Waals surface area contributed by atoms with Gasteiger partial charge in [-0.3, -0.25) is 0 Å². The van der Waals surface area contributed by atoms with Crippen LogP contribution in [-0.2, 0) is 10.0 Å². The summed E-state index contributed by atoms with van der Waals surface area (Å²) in [4.78, 5) is 0. The molecule has 1 aliphatic rings. The second-order valence-electron chi connectivity index (χ2n) is 3.48. The third kappa shape index (κ3) is 1.97. The quantitative estimate of drug-likeness (QED) is 0.634. The van der Waals surface area contributed by atoms with E-state index in [9.17, 15) is 8.42 Å². The summed E-state index contributed by atoms with van der Waals surface area (Å²) in [6, 6.07) is 0. The fraction of sp³-hybridized carbons (Fsp3) is 1.00. The van der Waals surface area contributed by atoms with Gasteiger partial charge in [0.05, 0.1) is 12.4 Å². The third-order valence-electron chi connectivity index (χ3n) is 2.38. The molecule has 2 N–H and O–H groups in total. The van der Waals surface area contributed by atoms with E-state index in [2.05, 4.69) is 0 Å². The van der Waals surface area contributed by atoms with Crippen LogP contribution in [0.15, 0.2) is 0 Å². The Morgan fingerprint density at radius 3 is 2.50 bits per heavy atom. The first-order chi connectivity index (χ1) is 5.43. The average molecular weight is 192 g/mol. The van der Waals surface area contributed by atoms with E-state index in [0.29, 0.717) is 6.54 Å². The van der Waals surface area contributed by atoms with Crippen molar-refractivity contribution < 1.29 is 8.42 Å². The average Bonchev–Trinajstić information content (AvgIpc) is 1.92. The van der Waals surface area contributed by atoms with Crippen LogP contribution < -0.4 is 5.73 Å². The molecule has 5 heteroatoms. The molecule has 2 atom stereocenters. The molecule has 0 aromatic heterocycles. The highest BCUT2D eigenvalue weighted by Gasteiger charge is 2.30. The molecule has 0 amide bonds. The maximum Gasteiger partial charge on any atom is 0.212 e. The van der Waals surface area contributed by atoms with Gasteiger partial charge in [0.1, 0.15) is 0 Å². The Morgan fingerprint density at radius 2 is 2.08 bits per heavy atom. The van der Waals surface area contributed by atoms with Crippen LogP contribution in [0.3, 0.4) is 0 Å². The molecule has 0 saturated carbocycles. The zero-order valence-corrected chi connectivity index (χ0v) is 8.34. The molecular formula is C7H16N2O2S. The van der Waals surface area contributed by atoms with Gasteiger partial charge in [-0.2, -0.15) is 4.31 Å². The van der Waals surface area contributed by atoms with Crippen LogP contribution in [0.4, 0.5) is 0 Å². The van der Waals surface area contributed by atoms with Crippen molar-refractivity contribution in [2.24, 2.45) is 11.7 Å². The lowest BCUT2D eigenvalue weighted by Gasteiger charge is -2.35. The number of nitrogens with zero attached hydrogens (tertiary/aromatic N) is 1. The van der Waals surface area contributed by atoms with Gasteiger partial charge < -0.3 is 5.73 Å². The lowest BCUT2D eigenvalue weighted by atomic mass is 9.99. The smallest absolute Gasteiger partial charge is 0.212 e. The van der Waals surface area contributed by atoms with Crippen LogP contribution in [0.25, 0.3) is 0 Å². The summed E-state index contributed by atoms with van der Waals surface area (Å²) in [5.41, 5.74) is 5.76. The van der Waals surface area contributed by atoms with Gasteiger partial charge in [0, 0.05) is 6.54 Å². The molecule has 1 rings (SSSR count). The van der Waals surface area contributed by atoms with Gasteiger partial charge in [-0.1, -0.05) is 6.92 Å². The summed E-state index contributed by atoms with van der Waals surface area (Å²) >= 11 is 0. The Hall–Kier alpha value is -0.130. The number of sulfonamides is 1. The van der Waals surface area contributed by atoms with Gasteiger partial charge in [0.25, 0.3) is 0 Å². The van der Waals surface area contributed by atoms with Crippen molar-refractivity contribution in [3.63, 3.8) is 0 Å². The largest absolute Gasteiger partial charge is 0.315 e. The van der Waals surface area contributed by atoms with E-state index in [-0.39, 0.29) is 12.1 Å². The maximum atomic E-state index is 11.2. The van der Waals surface area contributed by atoms with Crippen LogP contribution in [-0.4, -0.2) is 31.7 Å². The Kier molecular flexibility index (Phi) is 2.75. The highest BCUT2D eigenvalue weighted by atomic mass is 32.2. The summed E-state index contributed by atoms with van der Waals surface area (Å²) in [6.07, 6.45) is 2.83. The summed E-state index contributed by atoms with van der Waals surface area (Å²) < 4.78 is 23.8. The highest BCUT2D eigenvalue weighted by Crippen LogP contribution is 2.21. The standard InChI is InChI=1S/C7H16N2O2S/c1-6-4-3-5-9(7(6)8)12(2,10)11/h6-7H,3-5,8H2,1-2H3. The summed E-state index contributed by atoms with van der Waals surface area (Å²) in [7, 11) is -3.10. The van der Waals surface area contributed by atoms with Crippen molar-refractivity contribution in [2.75, 3.05) is 12.8 Å². The van der Waals surface area contributed by atoms with Crippen LogP contribution in [0, 0.1) is 5.92 Å². The van der Waals surface area contributed by atoms with Crippen molar-refractivity contribution in [1.29, 1.82) is 0 Å². The van der Waals surface area contributed by atoms with Crippen molar-refractivity contribution in [3.8, 4) is 0 Å². The molecule has 2 unspecified atom stereocenters. The molecule has 1 aliphatic heterocycles. The first-order valence-corrected chi connectivity index (χ1v) is 6.00. The van der Waals surface area contributed by atoms with Crippen molar-refractivity contribution in [3.05, 3.63) is 0 Å². The van der Waals surface area contributed by atoms with E-state index in [1.54, 1.807) is 0 Å². The van der Waals surface area contributed by atoms with E-state index in [1.165, 1.54) is 10.6 Å². The minimum atomic E-state index is -3.10. The Labute approximate surface area is 73.8 Å². The Bertz CT molecular complexity index is 250. The van der Waals surface area contributed by atoms with Gasteiger partial charge in [-0.25, -0.2) is 8.42 Å². The second kappa shape index (κ2) is 3.32. The molecule has 4 nitrogen and oxygen atoms in total. The lowest BCUT2D eigenvalue weighted by molar-refractivity contribution is 0.193. The Morgan fingerprint density at radius 1 is 1.50 bits per heavy atom. The molecule has 0 aliphatic carbocycles. The van der Waals surface area contributed by atoms with E-state index in [1.807, 2.05) is 6.92 Å². The predicted molar refractivity (Wildman–Crippen MR) is 47.9 cm³/mol. The molecule has 0 bridgehead atoms. The van der Waals surface area contributed by atoms with Gasteiger partial charge >= 0.3 is 0 Å². The molecule has 1 heterocycles. The Balaban J connectivity index is 2.78. The SMILES string of the molecule is CC1CCCN(S(C)(=O)=O)C1N. The number of hydrogen-bond acceptors (Lipinski definition) is 3. The summed E-state index contributed by atoms with van der Waals surface area (Å²) in [5.74, 6) is 0.272. The normalized spacial score (nSPS) is 33.6. The van der Waals surface area contributed by atoms with Crippen LogP contribution >= 0.6 is 0 Å². The molecule has 72 valence electrons. The maximum absolute atomic E-state index is 11.2. The summed E-state index contributed by atoms with van der Waals surface area (Å²) in [5, 5.41) is 0. The number of rotatable bonds is 1. The van der Waals surface area contributed by atoms with E-state index < -0.39 is 10.0 Å². The lowest BCUT2D eigenvalue weighted by Crippen LogP contribution is -2.52. The molecule has 1 fully saturated rings. The molecule has 0 aromatic carbocycles. The topological polar surface area (TPSA) is 63.4 Å². The van der Waals surface area contributed by atoms with Gasteiger partial charge in [-0.15, -0.1) is 0 Å². The zero-order chi connectivity index (χ0) is 9.35. The van der Waals surface area contributed by atoms with E-state index in [4.69, 9.17) is 5.73 Å². The third-order valence-corrected chi connectivity index (χ3v) is 3.66. The first-order valence-electron chi connectivity index (χ1n) is 4.15. The van der Waals surface area contributed by atoms with Crippen molar-refractivity contribution in [2.45, 2.75) is 25.9 Å². The minimum absolute atomic E-state index is 0.272. The van der Waals surface area contributed by atoms with Crippen LogP contribution in [0.2, 0.25) is 0 Å². The molecule has 0 radical (unpaired) electrons. The summed E-state index contributed by atoms with van der Waals surface area (Å²) in [6.45, 7) is 2.56. The fourth-order valence-electron chi connectivity index (χ4n) is 1.56. The predicted octanol–water partition coefficient (Wildman–Crippen LogP) is -0.0373. The molecule has 12 heavy (non-hydrogen) atoms. The zero-order valence-electron chi connectivity index (χ0n) is 7.53. The van der Waals surface area contributed by atoms with E-state index >= 15 is 0 Å². The molecule has 1 saturated heterocycles.